The first kappa shape index (κ1) is 19.2. The van der Waals surface area contributed by atoms with Gasteiger partial charge in [0.25, 0.3) is 0 Å². The second-order valence-electron chi connectivity index (χ2n) is 8.15. The number of hydrogen-bond donors (Lipinski definition) is 0. The van der Waals surface area contributed by atoms with Crippen LogP contribution in [0, 0.1) is 20.8 Å². The van der Waals surface area contributed by atoms with Crippen molar-refractivity contribution in [1.29, 1.82) is 0 Å². The Morgan fingerprint density at radius 3 is 2.46 bits per heavy atom. The molecule has 1 aliphatic heterocycles. The number of amides is 1. The maximum absolute atomic E-state index is 12.9. The quantitative estimate of drug-likeness (QED) is 0.603. The van der Waals surface area contributed by atoms with Gasteiger partial charge in [-0.15, -0.1) is 10.2 Å². The molecule has 0 spiro atoms. The van der Waals surface area contributed by atoms with Crippen molar-refractivity contribution in [3.05, 3.63) is 34.9 Å². The van der Waals surface area contributed by atoms with E-state index in [9.17, 15) is 4.79 Å². The van der Waals surface area contributed by atoms with Crippen molar-refractivity contribution in [3.63, 3.8) is 0 Å². The topological polar surface area (TPSA) is 50.5 Å². The molecule has 0 unspecified atom stereocenters. The number of likely N-dealkylation sites (tertiary alicyclic amines) is 1. The molecule has 3 heterocycles. The molecule has 0 N–H and O–H groups in total. The first-order valence-corrected chi connectivity index (χ1v) is 11.1. The first-order valence-electron chi connectivity index (χ1n) is 10.1. The van der Waals surface area contributed by atoms with E-state index in [-0.39, 0.29) is 5.91 Å². The summed E-state index contributed by atoms with van der Waals surface area (Å²) in [6, 6.07) is 7.13. The fraction of sp³-hybridized carbons (Fsp3) is 0.500. The highest BCUT2D eigenvalue weighted by Crippen LogP contribution is 2.30. The summed E-state index contributed by atoms with van der Waals surface area (Å²) in [5, 5.41) is 10.9. The standard InChI is InChI=1S/C22H28N4OS/c1-13-9-10-14(2)20-18(13)11-15(3)21-23-24-22(26(20)21)28-12-19(27)25-16(4)7-6-8-17(25)5/h9-11,16-17H,6-8,12H2,1-5H3/t16-,17-/m1/s1. The second kappa shape index (κ2) is 7.39. The molecule has 1 fully saturated rings. The fourth-order valence-corrected chi connectivity index (χ4v) is 5.32. The molecule has 3 aromatic rings. The Morgan fingerprint density at radius 1 is 1.07 bits per heavy atom. The van der Waals surface area contributed by atoms with Crippen LogP contribution in [0.2, 0.25) is 0 Å². The molecule has 1 saturated heterocycles. The summed E-state index contributed by atoms with van der Waals surface area (Å²) in [4.78, 5) is 15.0. The zero-order valence-electron chi connectivity index (χ0n) is 17.3. The van der Waals surface area contributed by atoms with Crippen molar-refractivity contribution in [2.24, 2.45) is 0 Å². The third-order valence-corrected chi connectivity index (χ3v) is 6.93. The molecule has 0 radical (unpaired) electrons. The summed E-state index contributed by atoms with van der Waals surface area (Å²) in [7, 11) is 0. The molecule has 0 bridgehead atoms. The van der Waals surface area contributed by atoms with Crippen LogP contribution >= 0.6 is 11.8 Å². The van der Waals surface area contributed by atoms with E-state index < -0.39 is 0 Å². The Kier molecular flexibility index (Phi) is 5.08. The number of aromatic nitrogens is 3. The number of fused-ring (bicyclic) bond motifs is 3. The highest BCUT2D eigenvalue weighted by atomic mass is 32.2. The molecule has 148 valence electrons. The minimum Gasteiger partial charge on any atom is -0.337 e. The molecule has 1 aliphatic rings. The predicted molar refractivity (Wildman–Crippen MR) is 115 cm³/mol. The molecule has 4 rings (SSSR count). The van der Waals surface area contributed by atoms with Gasteiger partial charge in [0.15, 0.2) is 10.8 Å². The molecular weight excluding hydrogens is 368 g/mol. The molecule has 1 aromatic carbocycles. The van der Waals surface area contributed by atoms with Crippen LogP contribution in [0.25, 0.3) is 16.6 Å². The van der Waals surface area contributed by atoms with Gasteiger partial charge in [0.1, 0.15) is 0 Å². The Hall–Kier alpha value is -2.08. The van der Waals surface area contributed by atoms with Gasteiger partial charge < -0.3 is 4.90 Å². The van der Waals surface area contributed by atoms with Crippen LogP contribution < -0.4 is 0 Å². The summed E-state index contributed by atoms with van der Waals surface area (Å²) >= 11 is 1.50. The van der Waals surface area contributed by atoms with E-state index >= 15 is 0 Å². The number of aryl methyl sites for hydroxylation is 3. The lowest BCUT2D eigenvalue weighted by atomic mass is 9.98. The number of piperidine rings is 1. The van der Waals surface area contributed by atoms with Gasteiger partial charge in [0, 0.05) is 17.5 Å². The lowest BCUT2D eigenvalue weighted by Gasteiger charge is -2.39. The Balaban J connectivity index is 1.70. The number of pyridine rings is 1. The zero-order valence-corrected chi connectivity index (χ0v) is 18.1. The fourth-order valence-electron chi connectivity index (χ4n) is 4.51. The van der Waals surface area contributed by atoms with E-state index in [2.05, 4.69) is 72.3 Å². The minimum atomic E-state index is 0.200. The Morgan fingerprint density at radius 2 is 1.75 bits per heavy atom. The number of carbonyl (C=O) groups excluding carboxylic acids is 1. The van der Waals surface area contributed by atoms with Crippen LogP contribution in [0.5, 0.6) is 0 Å². The summed E-state index contributed by atoms with van der Waals surface area (Å²) in [5.41, 5.74) is 5.54. The van der Waals surface area contributed by atoms with E-state index in [0.717, 1.165) is 34.7 Å². The normalized spacial score (nSPS) is 20.2. The minimum absolute atomic E-state index is 0.200. The first-order chi connectivity index (χ1) is 13.4. The van der Waals surface area contributed by atoms with Gasteiger partial charge in [0.2, 0.25) is 5.91 Å². The van der Waals surface area contributed by atoms with E-state index in [1.54, 1.807) is 0 Å². The third kappa shape index (κ3) is 3.17. The van der Waals surface area contributed by atoms with Crippen molar-refractivity contribution >= 4 is 34.2 Å². The van der Waals surface area contributed by atoms with E-state index in [0.29, 0.717) is 17.8 Å². The summed E-state index contributed by atoms with van der Waals surface area (Å²) in [6.45, 7) is 10.6. The highest BCUT2D eigenvalue weighted by molar-refractivity contribution is 7.99. The van der Waals surface area contributed by atoms with Crippen molar-refractivity contribution in [3.8, 4) is 0 Å². The summed E-state index contributed by atoms with van der Waals surface area (Å²) in [5.74, 6) is 0.599. The van der Waals surface area contributed by atoms with Crippen molar-refractivity contribution in [1.82, 2.24) is 19.5 Å². The van der Waals surface area contributed by atoms with E-state index in [4.69, 9.17) is 0 Å². The third-order valence-electron chi connectivity index (χ3n) is 6.01. The maximum atomic E-state index is 12.9. The van der Waals surface area contributed by atoms with Gasteiger partial charge in [-0.05, 0) is 76.6 Å². The lowest BCUT2D eigenvalue weighted by Crippen LogP contribution is -2.48. The highest BCUT2D eigenvalue weighted by Gasteiger charge is 2.29. The Labute approximate surface area is 170 Å². The largest absolute Gasteiger partial charge is 0.337 e. The summed E-state index contributed by atoms with van der Waals surface area (Å²) < 4.78 is 2.13. The van der Waals surface area contributed by atoms with Crippen LogP contribution in [-0.2, 0) is 4.79 Å². The molecule has 0 saturated carbocycles. The van der Waals surface area contributed by atoms with Crippen molar-refractivity contribution < 1.29 is 4.79 Å². The number of carbonyl (C=O) groups is 1. The summed E-state index contributed by atoms with van der Waals surface area (Å²) in [6.07, 6.45) is 3.39. The van der Waals surface area contributed by atoms with Crippen LogP contribution in [-0.4, -0.2) is 43.2 Å². The number of hydrogen-bond acceptors (Lipinski definition) is 4. The van der Waals surface area contributed by atoms with Crippen LogP contribution in [0.1, 0.15) is 49.8 Å². The van der Waals surface area contributed by atoms with Crippen LogP contribution in [0.15, 0.2) is 23.4 Å². The van der Waals surface area contributed by atoms with Crippen LogP contribution in [0.3, 0.4) is 0 Å². The smallest absolute Gasteiger partial charge is 0.233 e. The molecule has 6 heteroatoms. The van der Waals surface area contributed by atoms with Crippen molar-refractivity contribution in [2.75, 3.05) is 5.75 Å². The molecule has 28 heavy (non-hydrogen) atoms. The van der Waals surface area contributed by atoms with Crippen molar-refractivity contribution in [2.45, 2.75) is 71.1 Å². The van der Waals surface area contributed by atoms with Crippen LogP contribution in [0.4, 0.5) is 0 Å². The number of rotatable bonds is 3. The number of benzene rings is 1. The van der Waals surface area contributed by atoms with Gasteiger partial charge in [0.05, 0.1) is 11.3 Å². The van der Waals surface area contributed by atoms with Gasteiger partial charge in [-0.1, -0.05) is 23.9 Å². The molecule has 5 nitrogen and oxygen atoms in total. The van der Waals surface area contributed by atoms with E-state index in [1.807, 2.05) is 0 Å². The molecular formula is C22H28N4OS. The van der Waals surface area contributed by atoms with Gasteiger partial charge in [-0.3, -0.25) is 9.20 Å². The van der Waals surface area contributed by atoms with Gasteiger partial charge in [-0.25, -0.2) is 0 Å². The molecule has 0 aliphatic carbocycles. The average Bonchev–Trinajstić information content (AvgIpc) is 3.08. The molecule has 2 atom stereocenters. The number of thioether (sulfide) groups is 1. The number of nitrogens with zero attached hydrogens (tertiary/aromatic N) is 4. The predicted octanol–water partition coefficient (Wildman–Crippen LogP) is 4.69. The maximum Gasteiger partial charge on any atom is 0.233 e. The second-order valence-corrected chi connectivity index (χ2v) is 9.09. The average molecular weight is 397 g/mol. The zero-order chi connectivity index (χ0) is 20.0. The Bertz CT molecular complexity index is 1050. The van der Waals surface area contributed by atoms with E-state index in [1.165, 1.54) is 34.7 Å². The monoisotopic (exact) mass is 396 g/mol. The molecule has 1 amide bonds. The molecule has 2 aromatic heterocycles. The SMILES string of the molecule is Cc1ccc(C)c2c1cc(C)c1nnc(SCC(=O)N3[C@H](C)CCC[C@H]3C)n12. The lowest BCUT2D eigenvalue weighted by molar-refractivity contribution is -0.134. The van der Waals surface area contributed by atoms with Gasteiger partial charge in [-0.2, -0.15) is 0 Å². The van der Waals surface area contributed by atoms with Gasteiger partial charge >= 0.3 is 0 Å².